The fourth-order valence-electron chi connectivity index (χ4n) is 2.92. The lowest BCUT2D eigenvalue weighted by Gasteiger charge is -2.08. The van der Waals surface area contributed by atoms with Crippen molar-refractivity contribution in [2.24, 2.45) is 0 Å². The van der Waals surface area contributed by atoms with Crippen LogP contribution < -0.4 is 5.32 Å². The van der Waals surface area contributed by atoms with Crippen molar-refractivity contribution in [1.29, 1.82) is 0 Å². The summed E-state index contributed by atoms with van der Waals surface area (Å²) in [5.41, 5.74) is 1.61. The molecule has 26 heavy (non-hydrogen) atoms. The van der Waals surface area contributed by atoms with Gasteiger partial charge in [0.15, 0.2) is 5.69 Å². The quantitative estimate of drug-likeness (QED) is 0.816. The van der Waals surface area contributed by atoms with Gasteiger partial charge in [0.05, 0.1) is 6.20 Å². The lowest BCUT2D eigenvalue weighted by Crippen LogP contribution is -2.24. The maximum absolute atomic E-state index is 12.9. The normalized spacial score (nSPS) is 14.7. The summed E-state index contributed by atoms with van der Waals surface area (Å²) < 4.78 is 41.8. The van der Waals surface area contributed by atoms with Crippen molar-refractivity contribution in [2.75, 3.05) is 0 Å². The highest BCUT2D eigenvalue weighted by molar-refractivity contribution is 5.75. The zero-order valence-electron chi connectivity index (χ0n) is 14.8. The topological polar surface area (TPSA) is 64.7 Å². The fourth-order valence-corrected chi connectivity index (χ4v) is 2.92. The molecular formula is C17H22F3N5O. The second-order valence-corrected chi connectivity index (χ2v) is 6.55. The van der Waals surface area contributed by atoms with Crippen LogP contribution in [0.3, 0.4) is 0 Å². The van der Waals surface area contributed by atoms with Crippen molar-refractivity contribution < 1.29 is 18.0 Å². The fraction of sp³-hybridized carbons (Fsp3) is 0.588. The van der Waals surface area contributed by atoms with Crippen LogP contribution in [0.5, 0.6) is 0 Å². The van der Waals surface area contributed by atoms with E-state index in [2.05, 4.69) is 15.5 Å². The van der Waals surface area contributed by atoms with Gasteiger partial charge in [0.1, 0.15) is 0 Å². The molecule has 0 bridgehead atoms. The minimum atomic E-state index is -4.46. The van der Waals surface area contributed by atoms with Crippen molar-refractivity contribution in [3.63, 3.8) is 0 Å². The highest BCUT2D eigenvalue weighted by Crippen LogP contribution is 2.42. The molecule has 0 saturated heterocycles. The average molecular weight is 369 g/mol. The van der Waals surface area contributed by atoms with Crippen LogP contribution >= 0.6 is 0 Å². The van der Waals surface area contributed by atoms with Gasteiger partial charge in [-0.1, -0.05) is 0 Å². The Hall–Kier alpha value is -2.32. The summed E-state index contributed by atoms with van der Waals surface area (Å²) in [5, 5.41) is 10.7. The Balaban J connectivity index is 1.57. The Morgan fingerprint density at radius 2 is 2.08 bits per heavy atom. The smallest absolute Gasteiger partial charge is 0.352 e. The summed E-state index contributed by atoms with van der Waals surface area (Å²) in [6.07, 6.45) is -0.924. The van der Waals surface area contributed by atoms with Crippen molar-refractivity contribution >= 4 is 5.91 Å². The van der Waals surface area contributed by atoms with Crippen LogP contribution in [0.2, 0.25) is 0 Å². The molecule has 1 N–H and O–H groups in total. The third-order valence-electron chi connectivity index (χ3n) is 4.63. The first-order valence-electron chi connectivity index (χ1n) is 8.72. The van der Waals surface area contributed by atoms with Gasteiger partial charge < -0.3 is 5.32 Å². The lowest BCUT2D eigenvalue weighted by molar-refractivity contribution is -0.141. The van der Waals surface area contributed by atoms with E-state index < -0.39 is 11.9 Å². The first-order chi connectivity index (χ1) is 12.3. The van der Waals surface area contributed by atoms with Crippen LogP contribution in [-0.4, -0.2) is 25.5 Å². The van der Waals surface area contributed by atoms with Crippen LogP contribution in [-0.2, 0) is 30.6 Å². The molecule has 142 valence electrons. The largest absolute Gasteiger partial charge is 0.435 e. The van der Waals surface area contributed by atoms with Gasteiger partial charge >= 0.3 is 6.18 Å². The molecule has 1 amide bonds. The second-order valence-electron chi connectivity index (χ2n) is 6.55. The van der Waals surface area contributed by atoms with E-state index in [1.54, 1.807) is 6.20 Å². The standard InChI is InChI=1S/C17H22F3N5O/c1-3-24-11(2)13(10-22-24)9-21-16(26)6-7-25-14(12-4-5-12)8-15(23-25)17(18,19)20/h8,10,12H,3-7,9H2,1-2H3,(H,21,26). The van der Waals surface area contributed by atoms with Crippen LogP contribution in [0.4, 0.5) is 13.2 Å². The van der Waals surface area contributed by atoms with Crippen LogP contribution in [0.15, 0.2) is 12.3 Å². The molecule has 0 radical (unpaired) electrons. The van der Waals surface area contributed by atoms with Gasteiger partial charge in [0, 0.05) is 48.9 Å². The monoisotopic (exact) mass is 369 g/mol. The predicted molar refractivity (Wildman–Crippen MR) is 88.3 cm³/mol. The molecule has 1 saturated carbocycles. The molecule has 0 aromatic carbocycles. The number of rotatable bonds is 7. The molecule has 0 unspecified atom stereocenters. The van der Waals surface area contributed by atoms with Crippen molar-refractivity contribution in [3.05, 3.63) is 34.9 Å². The predicted octanol–water partition coefficient (Wildman–Crippen LogP) is 3.01. The maximum Gasteiger partial charge on any atom is 0.435 e. The van der Waals surface area contributed by atoms with E-state index in [4.69, 9.17) is 0 Å². The Bertz CT molecular complexity index is 789. The molecule has 1 fully saturated rings. The van der Waals surface area contributed by atoms with E-state index in [1.807, 2.05) is 18.5 Å². The summed E-state index contributed by atoms with van der Waals surface area (Å²) in [6.45, 7) is 5.17. The Labute approximate surface area is 149 Å². The van der Waals surface area contributed by atoms with Crippen LogP contribution in [0.25, 0.3) is 0 Å². The van der Waals surface area contributed by atoms with Gasteiger partial charge in [-0.15, -0.1) is 0 Å². The zero-order chi connectivity index (χ0) is 18.9. The summed E-state index contributed by atoms with van der Waals surface area (Å²) in [7, 11) is 0. The SMILES string of the molecule is CCn1ncc(CNC(=O)CCn2nc(C(F)(F)F)cc2C2CC2)c1C. The molecule has 1 aliphatic carbocycles. The third-order valence-corrected chi connectivity index (χ3v) is 4.63. The highest BCUT2D eigenvalue weighted by Gasteiger charge is 2.37. The third kappa shape index (κ3) is 4.08. The Morgan fingerprint density at radius 1 is 1.35 bits per heavy atom. The lowest BCUT2D eigenvalue weighted by atomic mass is 10.2. The van der Waals surface area contributed by atoms with Gasteiger partial charge in [-0.25, -0.2) is 0 Å². The summed E-state index contributed by atoms with van der Waals surface area (Å²) >= 11 is 0. The van der Waals surface area contributed by atoms with E-state index in [0.717, 1.165) is 36.7 Å². The zero-order valence-corrected chi connectivity index (χ0v) is 14.8. The van der Waals surface area contributed by atoms with E-state index in [1.165, 1.54) is 4.68 Å². The molecule has 2 heterocycles. The number of nitrogens with zero attached hydrogens (tertiary/aromatic N) is 4. The van der Waals surface area contributed by atoms with E-state index in [0.29, 0.717) is 12.2 Å². The number of carbonyl (C=O) groups excluding carboxylic acids is 1. The van der Waals surface area contributed by atoms with Gasteiger partial charge in [-0.3, -0.25) is 14.2 Å². The van der Waals surface area contributed by atoms with Gasteiger partial charge in [0.2, 0.25) is 5.91 Å². The number of amides is 1. The minimum Gasteiger partial charge on any atom is -0.352 e. The van der Waals surface area contributed by atoms with Crippen molar-refractivity contribution in [2.45, 2.75) is 64.8 Å². The molecule has 0 spiro atoms. The van der Waals surface area contributed by atoms with Crippen molar-refractivity contribution in [3.8, 4) is 0 Å². The molecule has 9 heteroatoms. The molecule has 1 aliphatic rings. The van der Waals surface area contributed by atoms with Gasteiger partial charge in [0.25, 0.3) is 0 Å². The first kappa shape index (κ1) is 18.5. The molecular weight excluding hydrogens is 347 g/mol. The molecule has 0 atom stereocenters. The van der Waals surface area contributed by atoms with Crippen LogP contribution in [0.1, 0.15) is 54.7 Å². The molecule has 2 aromatic rings. The molecule has 6 nitrogen and oxygen atoms in total. The van der Waals surface area contributed by atoms with E-state index in [9.17, 15) is 18.0 Å². The highest BCUT2D eigenvalue weighted by atomic mass is 19.4. The number of hydrogen-bond acceptors (Lipinski definition) is 3. The number of carbonyl (C=O) groups is 1. The van der Waals surface area contributed by atoms with Gasteiger partial charge in [-0.05, 0) is 32.8 Å². The number of hydrogen-bond donors (Lipinski definition) is 1. The molecule has 0 aliphatic heterocycles. The number of nitrogens with one attached hydrogen (secondary N) is 1. The number of halogens is 3. The molecule has 2 aromatic heterocycles. The molecule has 3 rings (SSSR count). The van der Waals surface area contributed by atoms with Gasteiger partial charge in [-0.2, -0.15) is 23.4 Å². The first-order valence-corrected chi connectivity index (χ1v) is 8.72. The minimum absolute atomic E-state index is 0.0830. The number of aryl methyl sites for hydroxylation is 2. The van der Waals surface area contributed by atoms with Crippen molar-refractivity contribution in [1.82, 2.24) is 24.9 Å². The number of aromatic nitrogens is 4. The maximum atomic E-state index is 12.9. The summed E-state index contributed by atoms with van der Waals surface area (Å²) in [5.74, 6) is -0.0938. The number of alkyl halides is 3. The average Bonchev–Trinajstić information content (AvgIpc) is 3.23. The van der Waals surface area contributed by atoms with E-state index in [-0.39, 0.29) is 24.8 Å². The second kappa shape index (κ2) is 7.13. The van der Waals surface area contributed by atoms with E-state index >= 15 is 0 Å². The Kier molecular flexibility index (Phi) is 5.06. The summed E-state index contributed by atoms with van der Waals surface area (Å²) in [6, 6.07) is 1.11. The summed E-state index contributed by atoms with van der Waals surface area (Å²) in [4.78, 5) is 12.1. The Morgan fingerprint density at radius 3 is 2.65 bits per heavy atom. The van der Waals surface area contributed by atoms with Crippen LogP contribution in [0, 0.1) is 6.92 Å².